The van der Waals surface area contributed by atoms with Crippen molar-refractivity contribution in [3.05, 3.63) is 93.0 Å². The number of alkyl halides is 6. The number of nitrogens with zero attached hydrogens (tertiary/aromatic N) is 4. The minimum absolute atomic E-state index is 0.136. The summed E-state index contributed by atoms with van der Waals surface area (Å²) in [7, 11) is 0. The molecule has 0 N–H and O–H groups in total. The van der Waals surface area contributed by atoms with E-state index in [2.05, 4.69) is 19.7 Å². The minimum Gasteiger partial charge on any atom is -0.404 e. The Balaban J connectivity index is 1.50. The van der Waals surface area contributed by atoms with E-state index in [9.17, 15) is 35.5 Å². The number of aromatic nitrogens is 4. The standard InChI is InChI=1S/C28H23F7N4O2/c1-15-13-37-21-12-18(16-7-9-17(10-8-16)24-19(27(30,31)32)4-2-5-20(24)29)26(40)39(25(21)38-15)14-22-23(6-3-11-36-22)41-28(33,34)35/h2-6,11-13,16-17H,7-10,14H2,1H3/t16-,17-. The van der Waals surface area contributed by atoms with Crippen LogP contribution in [0.4, 0.5) is 30.7 Å². The summed E-state index contributed by atoms with van der Waals surface area (Å²) in [5, 5.41) is 0. The number of rotatable bonds is 5. The van der Waals surface area contributed by atoms with Gasteiger partial charge < -0.3 is 4.74 Å². The van der Waals surface area contributed by atoms with Crippen molar-refractivity contribution in [2.45, 2.75) is 63.5 Å². The van der Waals surface area contributed by atoms with Gasteiger partial charge in [-0.2, -0.15) is 13.2 Å². The van der Waals surface area contributed by atoms with E-state index in [-0.39, 0.29) is 29.7 Å². The molecule has 41 heavy (non-hydrogen) atoms. The average Bonchev–Trinajstić information content (AvgIpc) is 2.90. The first-order valence-corrected chi connectivity index (χ1v) is 12.7. The zero-order valence-corrected chi connectivity index (χ0v) is 21.6. The molecule has 13 heteroatoms. The molecule has 0 bridgehead atoms. The molecule has 1 aliphatic rings. The van der Waals surface area contributed by atoms with E-state index in [4.69, 9.17) is 0 Å². The van der Waals surface area contributed by atoms with Crippen LogP contribution in [-0.2, 0) is 12.7 Å². The largest absolute Gasteiger partial charge is 0.573 e. The third-order valence-corrected chi connectivity index (χ3v) is 7.26. The number of ether oxygens (including phenoxy) is 1. The lowest BCUT2D eigenvalue weighted by Crippen LogP contribution is -2.29. The van der Waals surface area contributed by atoms with Crippen molar-refractivity contribution in [3.63, 3.8) is 0 Å². The molecule has 1 saturated carbocycles. The van der Waals surface area contributed by atoms with E-state index in [0.717, 1.165) is 24.3 Å². The van der Waals surface area contributed by atoms with Gasteiger partial charge in [-0.15, -0.1) is 13.2 Å². The molecular weight excluding hydrogens is 557 g/mol. The van der Waals surface area contributed by atoms with Crippen molar-refractivity contribution in [3.8, 4) is 5.75 Å². The van der Waals surface area contributed by atoms with Crippen LogP contribution in [0.3, 0.4) is 0 Å². The fraction of sp³-hybridized carbons (Fsp3) is 0.357. The Morgan fingerprint density at radius 1 is 0.976 bits per heavy atom. The van der Waals surface area contributed by atoms with Crippen molar-refractivity contribution in [1.29, 1.82) is 0 Å². The Labute approximate surface area is 228 Å². The maximum Gasteiger partial charge on any atom is 0.573 e. The Morgan fingerprint density at radius 3 is 2.37 bits per heavy atom. The molecule has 4 aromatic rings. The van der Waals surface area contributed by atoms with Gasteiger partial charge in [0.25, 0.3) is 5.56 Å². The normalized spacial score (nSPS) is 18.0. The second-order valence-corrected chi connectivity index (χ2v) is 9.95. The van der Waals surface area contributed by atoms with Crippen LogP contribution in [0.2, 0.25) is 0 Å². The van der Waals surface area contributed by atoms with Crippen LogP contribution in [0.5, 0.6) is 5.75 Å². The van der Waals surface area contributed by atoms with Gasteiger partial charge in [0.2, 0.25) is 0 Å². The molecule has 1 fully saturated rings. The summed E-state index contributed by atoms with van der Waals surface area (Å²) >= 11 is 0. The number of benzene rings is 1. The van der Waals surface area contributed by atoms with Gasteiger partial charge >= 0.3 is 12.5 Å². The van der Waals surface area contributed by atoms with Gasteiger partial charge in [0, 0.05) is 23.5 Å². The molecule has 0 amide bonds. The van der Waals surface area contributed by atoms with Crippen LogP contribution in [0.15, 0.2) is 53.6 Å². The van der Waals surface area contributed by atoms with Gasteiger partial charge in [0.15, 0.2) is 11.4 Å². The summed E-state index contributed by atoms with van der Waals surface area (Å²) in [6.45, 7) is 1.25. The highest BCUT2D eigenvalue weighted by atomic mass is 19.4. The zero-order chi connectivity index (χ0) is 29.5. The van der Waals surface area contributed by atoms with Crippen LogP contribution in [0, 0.1) is 12.7 Å². The number of hydrogen-bond acceptors (Lipinski definition) is 5. The van der Waals surface area contributed by atoms with E-state index >= 15 is 0 Å². The number of aryl methyl sites for hydroxylation is 1. The highest BCUT2D eigenvalue weighted by molar-refractivity contribution is 5.71. The molecule has 3 aromatic heterocycles. The van der Waals surface area contributed by atoms with Gasteiger partial charge in [-0.05, 0) is 74.8 Å². The highest BCUT2D eigenvalue weighted by Crippen LogP contribution is 2.45. The molecule has 1 aromatic carbocycles. The highest BCUT2D eigenvalue weighted by Gasteiger charge is 2.38. The van der Waals surface area contributed by atoms with Crippen LogP contribution < -0.4 is 10.3 Å². The minimum atomic E-state index is -4.98. The smallest absolute Gasteiger partial charge is 0.404 e. The van der Waals surface area contributed by atoms with Crippen LogP contribution in [0.25, 0.3) is 11.2 Å². The molecule has 1 aliphatic carbocycles. The van der Waals surface area contributed by atoms with E-state index in [1.807, 2.05) is 0 Å². The first-order valence-electron chi connectivity index (χ1n) is 12.7. The summed E-state index contributed by atoms with van der Waals surface area (Å²) < 4.78 is 99.7. The lowest BCUT2D eigenvalue weighted by atomic mass is 9.75. The predicted octanol–water partition coefficient (Wildman–Crippen LogP) is 7.04. The van der Waals surface area contributed by atoms with Gasteiger partial charge in [-0.3, -0.25) is 19.3 Å². The van der Waals surface area contributed by atoms with E-state index in [1.54, 1.807) is 13.0 Å². The number of hydrogen-bond donors (Lipinski definition) is 0. The fourth-order valence-corrected chi connectivity index (χ4v) is 5.48. The van der Waals surface area contributed by atoms with Crippen LogP contribution in [0.1, 0.15) is 65.6 Å². The quantitative estimate of drug-likeness (QED) is 0.237. The van der Waals surface area contributed by atoms with Crippen molar-refractivity contribution in [2.24, 2.45) is 0 Å². The molecule has 0 aliphatic heterocycles. The Morgan fingerprint density at radius 2 is 1.68 bits per heavy atom. The molecule has 0 saturated heterocycles. The van der Waals surface area contributed by atoms with Crippen molar-refractivity contribution in [2.75, 3.05) is 0 Å². The van der Waals surface area contributed by atoms with Crippen molar-refractivity contribution >= 4 is 11.2 Å². The molecule has 216 valence electrons. The van der Waals surface area contributed by atoms with Crippen molar-refractivity contribution in [1.82, 2.24) is 19.5 Å². The van der Waals surface area contributed by atoms with Crippen molar-refractivity contribution < 1.29 is 35.5 Å². The third-order valence-electron chi connectivity index (χ3n) is 7.26. The molecule has 0 atom stereocenters. The summed E-state index contributed by atoms with van der Waals surface area (Å²) in [4.78, 5) is 26.5. The molecule has 6 nitrogen and oxygen atoms in total. The summed E-state index contributed by atoms with van der Waals surface area (Å²) in [6.07, 6.45) is -5.95. The van der Waals surface area contributed by atoms with E-state index < -0.39 is 53.6 Å². The second kappa shape index (κ2) is 10.7. The van der Waals surface area contributed by atoms with Gasteiger partial charge in [0.05, 0.1) is 17.8 Å². The van der Waals surface area contributed by atoms with Crippen LogP contribution in [-0.4, -0.2) is 25.9 Å². The lowest BCUT2D eigenvalue weighted by Gasteiger charge is -2.30. The topological polar surface area (TPSA) is 69.9 Å². The number of halogens is 7. The SMILES string of the molecule is Cc1cnc2cc([C@H]3CC[C@H](c4c(F)cccc4C(F)(F)F)CC3)c(=O)n(Cc3ncccc3OC(F)(F)F)c2n1. The number of fused-ring (bicyclic) bond motifs is 1. The Bertz CT molecular complexity index is 1640. The average molecular weight is 581 g/mol. The Kier molecular flexibility index (Phi) is 7.47. The summed E-state index contributed by atoms with van der Waals surface area (Å²) in [5.74, 6) is -2.58. The monoisotopic (exact) mass is 580 g/mol. The van der Waals surface area contributed by atoms with E-state index in [1.165, 1.54) is 23.0 Å². The molecule has 0 radical (unpaired) electrons. The maximum atomic E-state index is 14.6. The molecule has 3 heterocycles. The van der Waals surface area contributed by atoms with Gasteiger partial charge in [-0.25, -0.2) is 9.37 Å². The van der Waals surface area contributed by atoms with E-state index in [0.29, 0.717) is 29.6 Å². The van der Waals surface area contributed by atoms with Crippen LogP contribution >= 0.6 is 0 Å². The molecule has 0 unspecified atom stereocenters. The zero-order valence-electron chi connectivity index (χ0n) is 21.6. The Hall–Kier alpha value is -4.03. The summed E-state index contributed by atoms with van der Waals surface area (Å²) in [5.41, 5.74) is -0.852. The fourth-order valence-electron chi connectivity index (χ4n) is 5.48. The maximum absolute atomic E-state index is 14.6. The van der Waals surface area contributed by atoms with Gasteiger partial charge in [-0.1, -0.05) is 6.07 Å². The predicted molar refractivity (Wildman–Crippen MR) is 134 cm³/mol. The third kappa shape index (κ3) is 6.03. The second-order valence-electron chi connectivity index (χ2n) is 9.95. The first-order chi connectivity index (χ1) is 19.3. The summed E-state index contributed by atoms with van der Waals surface area (Å²) in [6, 6.07) is 6.81. The van der Waals surface area contributed by atoms with Gasteiger partial charge in [0.1, 0.15) is 17.0 Å². The molecular formula is C28H23F7N4O2. The molecule has 5 rings (SSSR count). The lowest BCUT2D eigenvalue weighted by molar-refractivity contribution is -0.275. The number of pyridine rings is 2. The molecule has 0 spiro atoms. The first kappa shape index (κ1) is 28.5.